The van der Waals surface area contributed by atoms with E-state index in [9.17, 15) is 4.79 Å². The Morgan fingerprint density at radius 2 is 1.96 bits per heavy atom. The van der Waals surface area contributed by atoms with Crippen LogP contribution in [0.4, 0.5) is 0 Å². The summed E-state index contributed by atoms with van der Waals surface area (Å²) in [6.07, 6.45) is 1.94. The molecular weight excluding hydrogens is 316 g/mol. The third kappa shape index (κ3) is 3.47. The fourth-order valence-corrected chi connectivity index (χ4v) is 2.50. The summed E-state index contributed by atoms with van der Waals surface area (Å²) in [7, 11) is 0. The van der Waals surface area contributed by atoms with Gasteiger partial charge in [0.15, 0.2) is 0 Å². The Morgan fingerprint density at radius 1 is 1.17 bits per heavy atom. The summed E-state index contributed by atoms with van der Waals surface area (Å²) in [6, 6.07) is 14.4. The molecule has 0 bridgehead atoms. The first-order valence-electron chi connectivity index (χ1n) is 7.09. The summed E-state index contributed by atoms with van der Waals surface area (Å²) < 4.78 is 7.68. The first kappa shape index (κ1) is 15.4. The summed E-state index contributed by atoms with van der Waals surface area (Å²) in [4.78, 5) is 11.5. The number of nitrogens with one attached hydrogen (secondary N) is 1. The SMILES string of the molecule is O=C(NO)c1ccc2ccn(CCOc3ccc(Cl)cc3)c2c1. The van der Waals surface area contributed by atoms with Crippen molar-refractivity contribution < 1.29 is 14.7 Å². The van der Waals surface area contributed by atoms with Crippen LogP contribution in [-0.2, 0) is 6.54 Å². The highest BCUT2D eigenvalue weighted by Crippen LogP contribution is 2.19. The van der Waals surface area contributed by atoms with E-state index in [1.54, 1.807) is 29.7 Å². The zero-order valence-corrected chi connectivity index (χ0v) is 13.0. The lowest BCUT2D eigenvalue weighted by Gasteiger charge is -2.09. The van der Waals surface area contributed by atoms with Gasteiger partial charge in [-0.25, -0.2) is 5.48 Å². The van der Waals surface area contributed by atoms with Gasteiger partial charge in [-0.1, -0.05) is 17.7 Å². The van der Waals surface area contributed by atoms with E-state index in [0.29, 0.717) is 23.7 Å². The third-order valence-corrected chi connectivity index (χ3v) is 3.80. The van der Waals surface area contributed by atoms with Gasteiger partial charge in [0.05, 0.1) is 6.54 Å². The quantitative estimate of drug-likeness (QED) is 0.556. The maximum Gasteiger partial charge on any atom is 0.274 e. The van der Waals surface area contributed by atoms with E-state index in [4.69, 9.17) is 21.5 Å². The lowest BCUT2D eigenvalue weighted by Crippen LogP contribution is -2.18. The standard InChI is InChI=1S/C17H15ClN2O3/c18-14-3-5-15(6-4-14)23-10-9-20-8-7-12-1-2-13(11-16(12)20)17(21)19-22/h1-8,11,22H,9-10H2,(H,19,21). The number of ether oxygens (including phenoxy) is 1. The smallest absolute Gasteiger partial charge is 0.274 e. The number of fused-ring (bicyclic) bond motifs is 1. The van der Waals surface area contributed by atoms with E-state index < -0.39 is 5.91 Å². The van der Waals surface area contributed by atoms with Crippen LogP contribution in [0, 0.1) is 0 Å². The van der Waals surface area contributed by atoms with Crippen LogP contribution in [0.3, 0.4) is 0 Å². The van der Waals surface area contributed by atoms with E-state index in [1.165, 1.54) is 0 Å². The second kappa shape index (κ2) is 6.73. The third-order valence-electron chi connectivity index (χ3n) is 3.55. The number of hydroxylamine groups is 1. The summed E-state index contributed by atoms with van der Waals surface area (Å²) >= 11 is 5.83. The van der Waals surface area contributed by atoms with Crippen molar-refractivity contribution >= 4 is 28.4 Å². The van der Waals surface area contributed by atoms with Crippen molar-refractivity contribution in [3.05, 3.63) is 65.3 Å². The minimum absolute atomic E-state index is 0.401. The van der Waals surface area contributed by atoms with Gasteiger partial charge in [-0.05, 0) is 47.9 Å². The number of amides is 1. The minimum atomic E-state index is -0.530. The molecule has 23 heavy (non-hydrogen) atoms. The number of hydrogen-bond acceptors (Lipinski definition) is 3. The van der Waals surface area contributed by atoms with E-state index in [0.717, 1.165) is 16.7 Å². The summed E-state index contributed by atoms with van der Waals surface area (Å²) in [5, 5.41) is 10.4. The van der Waals surface area contributed by atoms with Crippen molar-refractivity contribution in [3.8, 4) is 5.75 Å². The highest BCUT2D eigenvalue weighted by atomic mass is 35.5. The number of nitrogens with zero attached hydrogens (tertiary/aromatic N) is 1. The normalized spacial score (nSPS) is 10.7. The Morgan fingerprint density at radius 3 is 2.70 bits per heavy atom. The molecule has 0 saturated heterocycles. The molecule has 0 spiro atoms. The molecule has 0 aliphatic rings. The van der Waals surface area contributed by atoms with E-state index in [-0.39, 0.29) is 0 Å². The molecule has 0 aliphatic heterocycles. The molecule has 3 rings (SSSR count). The van der Waals surface area contributed by atoms with Gasteiger partial charge in [-0.3, -0.25) is 10.0 Å². The summed E-state index contributed by atoms with van der Waals surface area (Å²) in [5.74, 6) is 0.225. The second-order valence-electron chi connectivity index (χ2n) is 5.03. The van der Waals surface area contributed by atoms with Gasteiger partial charge in [0.25, 0.3) is 5.91 Å². The van der Waals surface area contributed by atoms with Crippen LogP contribution in [0.5, 0.6) is 5.75 Å². The molecule has 5 nitrogen and oxygen atoms in total. The maximum atomic E-state index is 11.5. The van der Waals surface area contributed by atoms with Crippen molar-refractivity contribution in [2.45, 2.75) is 6.54 Å². The van der Waals surface area contributed by atoms with Crippen molar-refractivity contribution in [2.75, 3.05) is 6.61 Å². The molecule has 6 heteroatoms. The Balaban J connectivity index is 1.72. The second-order valence-corrected chi connectivity index (χ2v) is 5.46. The molecule has 2 aromatic carbocycles. The number of aromatic nitrogens is 1. The molecule has 1 aromatic heterocycles. The molecule has 0 radical (unpaired) electrons. The van der Waals surface area contributed by atoms with Gasteiger partial charge >= 0.3 is 0 Å². The molecule has 0 saturated carbocycles. The Bertz CT molecular complexity index is 827. The van der Waals surface area contributed by atoms with E-state index in [1.807, 2.05) is 35.0 Å². The average molecular weight is 331 g/mol. The molecule has 0 atom stereocenters. The zero-order chi connectivity index (χ0) is 16.2. The lowest BCUT2D eigenvalue weighted by molar-refractivity contribution is 0.0706. The van der Waals surface area contributed by atoms with Crippen LogP contribution in [0.25, 0.3) is 10.9 Å². The van der Waals surface area contributed by atoms with Gasteiger partial charge < -0.3 is 9.30 Å². The van der Waals surface area contributed by atoms with E-state index in [2.05, 4.69) is 0 Å². The largest absolute Gasteiger partial charge is 0.492 e. The first-order valence-corrected chi connectivity index (χ1v) is 7.47. The summed E-state index contributed by atoms with van der Waals surface area (Å²) in [6.45, 7) is 1.12. The summed E-state index contributed by atoms with van der Waals surface area (Å²) in [5.41, 5.74) is 2.95. The van der Waals surface area contributed by atoms with Gasteiger partial charge in [-0.2, -0.15) is 0 Å². The Kier molecular flexibility index (Phi) is 4.50. The van der Waals surface area contributed by atoms with Crippen molar-refractivity contribution in [1.82, 2.24) is 10.0 Å². The maximum absolute atomic E-state index is 11.5. The van der Waals surface area contributed by atoms with Gasteiger partial charge in [0.2, 0.25) is 0 Å². The molecule has 0 unspecified atom stereocenters. The highest BCUT2D eigenvalue weighted by Gasteiger charge is 2.08. The van der Waals surface area contributed by atoms with Crippen molar-refractivity contribution in [1.29, 1.82) is 0 Å². The van der Waals surface area contributed by atoms with Crippen LogP contribution in [0.15, 0.2) is 54.7 Å². The Labute approximate surface area is 138 Å². The predicted octanol–water partition coefficient (Wildman–Crippen LogP) is 3.49. The number of hydrogen-bond donors (Lipinski definition) is 2. The molecule has 0 fully saturated rings. The van der Waals surface area contributed by atoms with Gasteiger partial charge in [0.1, 0.15) is 12.4 Å². The van der Waals surface area contributed by atoms with Crippen LogP contribution >= 0.6 is 11.6 Å². The van der Waals surface area contributed by atoms with E-state index >= 15 is 0 Å². The number of carbonyl (C=O) groups excluding carboxylic acids is 1. The fourth-order valence-electron chi connectivity index (χ4n) is 2.38. The van der Waals surface area contributed by atoms with Crippen LogP contribution in [-0.4, -0.2) is 22.3 Å². The van der Waals surface area contributed by atoms with Crippen molar-refractivity contribution in [3.63, 3.8) is 0 Å². The zero-order valence-electron chi connectivity index (χ0n) is 12.2. The Hall–Kier alpha value is -2.50. The number of carbonyl (C=O) groups is 1. The number of benzene rings is 2. The number of halogens is 1. The molecular formula is C17H15ClN2O3. The minimum Gasteiger partial charge on any atom is -0.492 e. The van der Waals surface area contributed by atoms with Crippen molar-refractivity contribution in [2.24, 2.45) is 0 Å². The average Bonchev–Trinajstić information content (AvgIpc) is 2.98. The van der Waals surface area contributed by atoms with Crippen LogP contribution in [0.1, 0.15) is 10.4 Å². The number of rotatable bonds is 5. The molecule has 2 N–H and O–H groups in total. The highest BCUT2D eigenvalue weighted by molar-refractivity contribution is 6.30. The molecule has 118 valence electrons. The topological polar surface area (TPSA) is 63.5 Å². The van der Waals surface area contributed by atoms with Gasteiger partial charge in [0, 0.05) is 22.3 Å². The monoisotopic (exact) mass is 330 g/mol. The van der Waals surface area contributed by atoms with Crippen LogP contribution in [0.2, 0.25) is 5.02 Å². The first-order chi connectivity index (χ1) is 11.2. The van der Waals surface area contributed by atoms with Crippen LogP contribution < -0.4 is 10.2 Å². The molecule has 1 amide bonds. The fraction of sp³-hybridized carbons (Fsp3) is 0.118. The van der Waals surface area contributed by atoms with Gasteiger partial charge in [-0.15, -0.1) is 0 Å². The molecule has 1 heterocycles. The lowest BCUT2D eigenvalue weighted by atomic mass is 10.1. The molecule has 0 aliphatic carbocycles. The molecule has 3 aromatic rings. The predicted molar refractivity (Wildman–Crippen MR) is 88.1 cm³/mol.